The van der Waals surface area contributed by atoms with Crippen LogP contribution < -0.4 is 5.32 Å². The van der Waals surface area contributed by atoms with Crippen LogP contribution in [0.2, 0.25) is 0 Å². The number of carbonyl (C=O) groups excluding carboxylic acids is 2. The van der Waals surface area contributed by atoms with Crippen LogP contribution in [0.25, 0.3) is 0 Å². The lowest BCUT2D eigenvalue weighted by Gasteiger charge is -2.34. The van der Waals surface area contributed by atoms with Crippen LogP contribution in [0.5, 0.6) is 0 Å². The predicted octanol–water partition coefficient (Wildman–Crippen LogP) is 0.676. The number of hydrogen-bond acceptors (Lipinski definition) is 4. The molecule has 6 nitrogen and oxygen atoms in total. The molecule has 1 unspecified atom stereocenters. The Hall–Kier alpha value is -2.76. The molecule has 0 radical (unpaired) electrons. The van der Waals surface area contributed by atoms with Crippen molar-refractivity contribution < 1.29 is 9.59 Å². The Kier molecular flexibility index (Phi) is 3.59. The van der Waals surface area contributed by atoms with Crippen molar-refractivity contribution >= 4 is 11.8 Å². The smallest absolute Gasteiger partial charge is 0.247 e. The number of carbonyl (C=O) groups is 2. The molecule has 0 spiro atoms. The van der Waals surface area contributed by atoms with E-state index in [2.05, 4.69) is 15.3 Å². The zero-order valence-electron chi connectivity index (χ0n) is 11.3. The highest BCUT2D eigenvalue weighted by Gasteiger charge is 2.35. The Bertz CT molecular complexity index is 645. The minimum absolute atomic E-state index is 0.00893. The van der Waals surface area contributed by atoms with Gasteiger partial charge in [0.1, 0.15) is 11.9 Å². The van der Waals surface area contributed by atoms with Crippen molar-refractivity contribution in [3.05, 3.63) is 60.2 Å². The van der Waals surface area contributed by atoms with Gasteiger partial charge >= 0.3 is 0 Å². The zero-order chi connectivity index (χ0) is 14.7. The number of piperazine rings is 1. The van der Waals surface area contributed by atoms with Gasteiger partial charge in [-0.3, -0.25) is 9.59 Å². The van der Waals surface area contributed by atoms with Crippen LogP contribution in [-0.4, -0.2) is 33.2 Å². The van der Waals surface area contributed by atoms with Gasteiger partial charge in [-0.15, -0.1) is 0 Å². The normalized spacial score (nSPS) is 18.5. The summed E-state index contributed by atoms with van der Waals surface area (Å²) in [5.74, 6) is 0.189. The predicted molar refractivity (Wildman–Crippen MR) is 74.8 cm³/mol. The summed E-state index contributed by atoms with van der Waals surface area (Å²) in [6, 6.07) is 10.3. The first-order valence-corrected chi connectivity index (χ1v) is 6.64. The molecule has 1 aliphatic heterocycles. The van der Waals surface area contributed by atoms with Crippen LogP contribution >= 0.6 is 0 Å². The van der Waals surface area contributed by atoms with Crippen LogP contribution in [-0.2, 0) is 16.1 Å². The first-order valence-electron chi connectivity index (χ1n) is 6.64. The van der Waals surface area contributed by atoms with Crippen LogP contribution in [0.3, 0.4) is 0 Å². The van der Waals surface area contributed by atoms with Gasteiger partial charge in [0, 0.05) is 12.4 Å². The highest BCUT2D eigenvalue weighted by molar-refractivity contribution is 5.95. The summed E-state index contributed by atoms with van der Waals surface area (Å²) in [4.78, 5) is 34.1. The summed E-state index contributed by atoms with van der Waals surface area (Å²) in [7, 11) is 0. The molecule has 1 saturated heterocycles. The number of amides is 2. The lowest BCUT2D eigenvalue weighted by atomic mass is 10.0. The molecule has 3 rings (SSSR count). The van der Waals surface area contributed by atoms with Crippen LogP contribution in [0.4, 0.5) is 0 Å². The van der Waals surface area contributed by atoms with Gasteiger partial charge in [-0.1, -0.05) is 30.3 Å². The van der Waals surface area contributed by atoms with Gasteiger partial charge in [0.2, 0.25) is 11.8 Å². The lowest BCUT2D eigenvalue weighted by Crippen LogP contribution is -2.53. The number of hydrogen-bond donors (Lipinski definition) is 1. The molecular formula is C15H14N4O2. The van der Waals surface area contributed by atoms with E-state index in [0.29, 0.717) is 5.82 Å². The number of rotatable bonds is 3. The summed E-state index contributed by atoms with van der Waals surface area (Å²) >= 11 is 0. The van der Waals surface area contributed by atoms with E-state index < -0.39 is 6.04 Å². The molecule has 1 fully saturated rings. The van der Waals surface area contributed by atoms with Crippen molar-refractivity contribution in [2.24, 2.45) is 0 Å². The van der Waals surface area contributed by atoms with Gasteiger partial charge in [0.25, 0.3) is 0 Å². The third-order valence-electron chi connectivity index (χ3n) is 3.34. The van der Waals surface area contributed by atoms with Crippen molar-refractivity contribution in [1.29, 1.82) is 0 Å². The summed E-state index contributed by atoms with van der Waals surface area (Å²) in [6.07, 6.45) is 3.24. The second-order valence-corrected chi connectivity index (χ2v) is 4.72. The molecule has 2 heterocycles. The van der Waals surface area contributed by atoms with Crippen molar-refractivity contribution in [2.45, 2.75) is 12.6 Å². The maximum atomic E-state index is 12.2. The largest absolute Gasteiger partial charge is 0.345 e. The Labute approximate surface area is 121 Å². The molecule has 2 aromatic rings. The fraction of sp³-hybridized carbons (Fsp3) is 0.200. The third kappa shape index (κ3) is 2.74. The molecular weight excluding hydrogens is 268 g/mol. The van der Waals surface area contributed by atoms with E-state index >= 15 is 0 Å². The number of nitrogens with zero attached hydrogens (tertiary/aromatic N) is 3. The van der Waals surface area contributed by atoms with Gasteiger partial charge in [0.05, 0.1) is 13.1 Å². The van der Waals surface area contributed by atoms with E-state index in [1.807, 2.05) is 30.3 Å². The number of nitrogens with one attached hydrogen (secondary N) is 1. The second kappa shape index (κ2) is 5.70. The number of benzene rings is 1. The molecule has 0 bridgehead atoms. The van der Waals surface area contributed by atoms with Crippen molar-refractivity contribution in [2.75, 3.05) is 6.54 Å². The van der Waals surface area contributed by atoms with Crippen molar-refractivity contribution in [3.63, 3.8) is 0 Å². The first-order chi connectivity index (χ1) is 10.3. The molecule has 1 aromatic carbocycles. The average molecular weight is 282 g/mol. The molecule has 21 heavy (non-hydrogen) atoms. The van der Waals surface area contributed by atoms with Crippen molar-refractivity contribution in [3.8, 4) is 0 Å². The van der Waals surface area contributed by atoms with Gasteiger partial charge in [-0.05, 0) is 11.6 Å². The van der Waals surface area contributed by atoms with E-state index in [-0.39, 0.29) is 24.9 Å². The Morgan fingerprint density at radius 1 is 1.10 bits per heavy atom. The summed E-state index contributed by atoms with van der Waals surface area (Å²) < 4.78 is 0. The molecule has 1 aromatic heterocycles. The fourth-order valence-corrected chi connectivity index (χ4v) is 2.36. The standard InChI is InChI=1S/C15H14N4O2/c20-13-9-18-15(21)14(11-5-2-1-3-6-11)19(13)10-12-16-7-4-8-17-12/h1-8,14H,9-10H2,(H,18,21). The topological polar surface area (TPSA) is 75.2 Å². The molecule has 1 aliphatic rings. The van der Waals surface area contributed by atoms with Gasteiger partial charge in [0.15, 0.2) is 0 Å². The van der Waals surface area contributed by atoms with Gasteiger partial charge in [-0.25, -0.2) is 9.97 Å². The first kappa shape index (κ1) is 13.2. The van der Waals surface area contributed by atoms with E-state index in [4.69, 9.17) is 0 Å². The fourth-order valence-electron chi connectivity index (χ4n) is 2.36. The molecule has 1 N–H and O–H groups in total. The maximum Gasteiger partial charge on any atom is 0.247 e. The SMILES string of the molecule is O=C1NCC(=O)N(Cc2ncccn2)C1c1ccccc1. The molecule has 2 amide bonds. The molecule has 0 aliphatic carbocycles. The molecule has 0 saturated carbocycles. The van der Waals surface area contributed by atoms with E-state index in [0.717, 1.165) is 5.56 Å². The minimum Gasteiger partial charge on any atom is -0.345 e. The van der Waals surface area contributed by atoms with Crippen molar-refractivity contribution in [1.82, 2.24) is 20.2 Å². The maximum absolute atomic E-state index is 12.2. The Morgan fingerprint density at radius 2 is 1.81 bits per heavy atom. The monoisotopic (exact) mass is 282 g/mol. The Morgan fingerprint density at radius 3 is 2.52 bits per heavy atom. The minimum atomic E-state index is -0.642. The highest BCUT2D eigenvalue weighted by atomic mass is 16.2. The molecule has 106 valence electrons. The highest BCUT2D eigenvalue weighted by Crippen LogP contribution is 2.24. The van der Waals surface area contributed by atoms with Crippen LogP contribution in [0, 0.1) is 0 Å². The third-order valence-corrected chi connectivity index (χ3v) is 3.34. The second-order valence-electron chi connectivity index (χ2n) is 4.72. The molecule has 6 heteroatoms. The van der Waals surface area contributed by atoms with E-state index in [1.54, 1.807) is 18.5 Å². The summed E-state index contributed by atoms with van der Waals surface area (Å²) in [5.41, 5.74) is 0.777. The van der Waals surface area contributed by atoms with E-state index in [9.17, 15) is 9.59 Å². The van der Waals surface area contributed by atoms with Crippen LogP contribution in [0.15, 0.2) is 48.8 Å². The zero-order valence-corrected chi connectivity index (χ0v) is 11.3. The van der Waals surface area contributed by atoms with Crippen LogP contribution in [0.1, 0.15) is 17.4 Å². The molecule has 1 atom stereocenters. The van der Waals surface area contributed by atoms with E-state index in [1.165, 1.54) is 4.90 Å². The average Bonchev–Trinajstić information content (AvgIpc) is 2.53. The van der Waals surface area contributed by atoms with Gasteiger partial charge < -0.3 is 10.2 Å². The van der Waals surface area contributed by atoms with Gasteiger partial charge in [-0.2, -0.15) is 0 Å². The summed E-state index contributed by atoms with van der Waals surface area (Å²) in [5, 5.41) is 2.63. The quantitative estimate of drug-likeness (QED) is 0.898. The Balaban J connectivity index is 1.93. The number of aromatic nitrogens is 2. The lowest BCUT2D eigenvalue weighted by molar-refractivity contribution is -0.146. The summed E-state index contributed by atoms with van der Waals surface area (Å²) in [6.45, 7) is 0.224.